The van der Waals surface area contributed by atoms with Crippen molar-refractivity contribution in [2.45, 2.75) is 52.7 Å². The third-order valence-electron chi connectivity index (χ3n) is 2.85. The van der Waals surface area contributed by atoms with Crippen LogP contribution < -0.4 is 10.6 Å². The van der Waals surface area contributed by atoms with E-state index in [-0.39, 0.29) is 6.04 Å². The van der Waals surface area contributed by atoms with E-state index >= 15 is 0 Å². The molecule has 1 unspecified atom stereocenters. The zero-order valence-corrected chi connectivity index (χ0v) is 15.4. The molecule has 1 amide bonds. The molecule has 0 fully saturated rings. The van der Waals surface area contributed by atoms with E-state index in [0.29, 0.717) is 26.2 Å². The van der Waals surface area contributed by atoms with Crippen molar-refractivity contribution < 1.29 is 17.9 Å². The summed E-state index contributed by atoms with van der Waals surface area (Å²) in [6.45, 7) is 11.3. The van der Waals surface area contributed by atoms with Gasteiger partial charge in [0.1, 0.15) is 5.60 Å². The second-order valence-electron chi connectivity index (χ2n) is 6.35. The number of rotatable bonds is 9. The maximum atomic E-state index is 11.5. The molecule has 0 saturated heterocycles. The smallest absolute Gasteiger partial charge is 0.407 e. The largest absolute Gasteiger partial charge is 0.444 e. The molecular weight excluding hydrogens is 306 g/mol. The Morgan fingerprint density at radius 1 is 1.32 bits per heavy atom. The SMILES string of the molecule is CCN(CCCNC(C)CNC(=O)OC(C)(C)C)S(C)(=O)=O. The summed E-state index contributed by atoms with van der Waals surface area (Å²) < 4.78 is 29.4. The van der Waals surface area contributed by atoms with E-state index in [1.807, 2.05) is 34.6 Å². The van der Waals surface area contributed by atoms with Crippen LogP contribution in [0.5, 0.6) is 0 Å². The number of alkyl carbamates (subject to hydrolysis) is 1. The van der Waals surface area contributed by atoms with Gasteiger partial charge >= 0.3 is 6.09 Å². The van der Waals surface area contributed by atoms with Crippen LogP contribution in [0.3, 0.4) is 0 Å². The molecule has 22 heavy (non-hydrogen) atoms. The Balaban J connectivity index is 3.87. The fraction of sp³-hybridized carbons (Fsp3) is 0.929. The van der Waals surface area contributed by atoms with Gasteiger partial charge in [-0.3, -0.25) is 0 Å². The first-order chi connectivity index (χ1) is 9.95. The number of sulfonamides is 1. The number of nitrogens with zero attached hydrogens (tertiary/aromatic N) is 1. The molecule has 0 aliphatic heterocycles. The van der Waals surface area contributed by atoms with Crippen LogP contribution in [0.4, 0.5) is 4.79 Å². The van der Waals surface area contributed by atoms with Crippen LogP contribution in [0.1, 0.15) is 41.0 Å². The van der Waals surface area contributed by atoms with Crippen LogP contribution in [-0.2, 0) is 14.8 Å². The summed E-state index contributed by atoms with van der Waals surface area (Å²) in [6, 6.07) is 0.0841. The zero-order chi connectivity index (χ0) is 17.4. The van der Waals surface area contributed by atoms with Crippen molar-refractivity contribution in [2.75, 3.05) is 32.4 Å². The van der Waals surface area contributed by atoms with Gasteiger partial charge in [0.05, 0.1) is 6.26 Å². The van der Waals surface area contributed by atoms with E-state index in [4.69, 9.17) is 4.74 Å². The van der Waals surface area contributed by atoms with Crippen molar-refractivity contribution in [3.05, 3.63) is 0 Å². The molecule has 0 aliphatic carbocycles. The maximum Gasteiger partial charge on any atom is 0.407 e. The van der Waals surface area contributed by atoms with Gasteiger partial charge in [0.2, 0.25) is 10.0 Å². The van der Waals surface area contributed by atoms with Crippen molar-refractivity contribution in [1.82, 2.24) is 14.9 Å². The Morgan fingerprint density at radius 3 is 2.36 bits per heavy atom. The summed E-state index contributed by atoms with van der Waals surface area (Å²) in [5, 5.41) is 5.93. The molecule has 132 valence electrons. The van der Waals surface area contributed by atoms with Crippen LogP contribution in [0.15, 0.2) is 0 Å². The minimum absolute atomic E-state index is 0.0841. The van der Waals surface area contributed by atoms with Crippen molar-refractivity contribution in [3.63, 3.8) is 0 Å². The summed E-state index contributed by atoms with van der Waals surface area (Å²) in [6.07, 6.45) is 1.50. The van der Waals surface area contributed by atoms with Crippen molar-refractivity contribution in [3.8, 4) is 0 Å². The molecule has 1 atom stereocenters. The molecule has 0 aromatic heterocycles. The second kappa shape index (κ2) is 9.32. The molecule has 0 heterocycles. The van der Waals surface area contributed by atoms with Crippen LogP contribution in [0.2, 0.25) is 0 Å². The van der Waals surface area contributed by atoms with Crippen LogP contribution in [0, 0.1) is 0 Å². The zero-order valence-electron chi connectivity index (χ0n) is 14.6. The number of hydrogen-bond donors (Lipinski definition) is 2. The average Bonchev–Trinajstić information content (AvgIpc) is 2.32. The molecule has 0 aromatic carbocycles. The number of hydrogen-bond acceptors (Lipinski definition) is 5. The molecule has 0 aliphatic rings. The maximum absolute atomic E-state index is 11.5. The van der Waals surface area contributed by atoms with Crippen molar-refractivity contribution in [1.29, 1.82) is 0 Å². The van der Waals surface area contributed by atoms with Gasteiger partial charge in [0.25, 0.3) is 0 Å². The van der Waals surface area contributed by atoms with E-state index < -0.39 is 21.7 Å². The molecule has 2 N–H and O–H groups in total. The summed E-state index contributed by atoms with van der Waals surface area (Å²) >= 11 is 0. The van der Waals surface area contributed by atoms with Gasteiger partial charge < -0.3 is 15.4 Å². The lowest BCUT2D eigenvalue weighted by molar-refractivity contribution is 0.0523. The normalized spacial score (nSPS) is 14.0. The van der Waals surface area contributed by atoms with Gasteiger partial charge in [-0.2, -0.15) is 0 Å². The van der Waals surface area contributed by atoms with E-state index in [1.54, 1.807) is 0 Å². The Labute approximate surface area is 134 Å². The molecule has 0 bridgehead atoms. The van der Waals surface area contributed by atoms with Crippen molar-refractivity contribution in [2.24, 2.45) is 0 Å². The highest BCUT2D eigenvalue weighted by atomic mass is 32.2. The van der Waals surface area contributed by atoms with Gasteiger partial charge in [-0.05, 0) is 40.7 Å². The Kier molecular flexibility index (Phi) is 8.95. The molecular formula is C14H31N3O4S. The van der Waals surface area contributed by atoms with Crippen LogP contribution in [-0.4, -0.2) is 62.9 Å². The van der Waals surface area contributed by atoms with Crippen LogP contribution in [0.25, 0.3) is 0 Å². The summed E-state index contributed by atoms with van der Waals surface area (Å²) in [7, 11) is -3.12. The lowest BCUT2D eigenvalue weighted by atomic mass is 10.2. The summed E-state index contributed by atoms with van der Waals surface area (Å²) in [5.41, 5.74) is -0.504. The van der Waals surface area contributed by atoms with Gasteiger partial charge in [-0.1, -0.05) is 6.92 Å². The molecule has 0 saturated carbocycles. The standard InChI is InChI=1S/C14H31N3O4S/c1-7-17(22(6,19)20)10-8-9-15-12(2)11-16-13(18)21-14(3,4)5/h12,15H,7-11H2,1-6H3,(H,16,18). The number of carbonyl (C=O) groups is 1. The first-order valence-electron chi connectivity index (χ1n) is 7.61. The van der Waals surface area contributed by atoms with Crippen LogP contribution >= 0.6 is 0 Å². The second-order valence-corrected chi connectivity index (χ2v) is 8.33. The molecule has 0 rings (SSSR count). The Morgan fingerprint density at radius 2 is 1.91 bits per heavy atom. The molecule has 0 aromatic rings. The predicted molar refractivity (Wildman–Crippen MR) is 88.4 cm³/mol. The minimum Gasteiger partial charge on any atom is -0.444 e. The Bertz CT molecular complexity index is 432. The van der Waals surface area contributed by atoms with Gasteiger partial charge in [0.15, 0.2) is 0 Å². The fourth-order valence-corrected chi connectivity index (χ4v) is 2.71. The summed E-state index contributed by atoms with van der Waals surface area (Å²) in [5.74, 6) is 0. The van der Waals surface area contributed by atoms with Gasteiger partial charge in [-0.25, -0.2) is 17.5 Å². The first-order valence-corrected chi connectivity index (χ1v) is 9.46. The van der Waals surface area contributed by atoms with E-state index in [2.05, 4.69) is 10.6 Å². The fourth-order valence-electron chi connectivity index (χ4n) is 1.79. The van der Waals surface area contributed by atoms with Crippen molar-refractivity contribution >= 4 is 16.1 Å². The topological polar surface area (TPSA) is 87.7 Å². The third kappa shape index (κ3) is 10.8. The minimum atomic E-state index is -3.12. The molecule has 8 heteroatoms. The summed E-state index contributed by atoms with van der Waals surface area (Å²) in [4.78, 5) is 11.5. The lowest BCUT2D eigenvalue weighted by Crippen LogP contribution is -2.42. The predicted octanol–water partition coefficient (Wildman–Crippen LogP) is 1.16. The van der Waals surface area contributed by atoms with Gasteiger partial charge in [0, 0.05) is 25.7 Å². The highest BCUT2D eigenvalue weighted by molar-refractivity contribution is 7.88. The molecule has 7 nitrogen and oxygen atoms in total. The quantitative estimate of drug-likeness (QED) is 0.617. The molecule has 0 radical (unpaired) electrons. The highest BCUT2D eigenvalue weighted by Gasteiger charge is 2.16. The number of nitrogens with one attached hydrogen (secondary N) is 2. The first kappa shape index (κ1) is 21.1. The lowest BCUT2D eigenvalue weighted by Gasteiger charge is -2.21. The number of amides is 1. The van der Waals surface area contributed by atoms with E-state index in [1.165, 1.54) is 10.6 Å². The number of ether oxygens (including phenoxy) is 1. The molecule has 0 spiro atoms. The van der Waals surface area contributed by atoms with Gasteiger partial charge in [-0.15, -0.1) is 0 Å². The third-order valence-corrected chi connectivity index (χ3v) is 4.23. The van der Waals surface area contributed by atoms with E-state index in [0.717, 1.165) is 6.42 Å². The average molecular weight is 337 g/mol. The number of carbonyl (C=O) groups excluding carboxylic acids is 1. The van der Waals surface area contributed by atoms with E-state index in [9.17, 15) is 13.2 Å². The highest BCUT2D eigenvalue weighted by Crippen LogP contribution is 2.06. The monoisotopic (exact) mass is 337 g/mol. The Hall–Kier alpha value is -0.860.